The van der Waals surface area contributed by atoms with E-state index in [1.165, 1.54) is 32.4 Å². The van der Waals surface area contributed by atoms with Crippen molar-refractivity contribution in [3.8, 4) is 17.8 Å². The molecule has 2 aromatic rings. The molecule has 0 fully saturated rings. The van der Waals surface area contributed by atoms with Crippen LogP contribution in [0.1, 0.15) is 42.6 Å². The summed E-state index contributed by atoms with van der Waals surface area (Å²) < 4.78 is 49.8. The number of halogens is 3. The number of pyridine rings is 1. The molecule has 0 aromatic carbocycles. The van der Waals surface area contributed by atoms with Crippen LogP contribution in [-0.2, 0) is 6.18 Å². The number of nitrogens with one attached hydrogen (secondary N) is 1. The molecule has 31 heavy (non-hydrogen) atoms. The van der Waals surface area contributed by atoms with E-state index in [0.29, 0.717) is 6.07 Å². The van der Waals surface area contributed by atoms with E-state index < -0.39 is 29.0 Å². The van der Waals surface area contributed by atoms with Crippen LogP contribution in [0.5, 0.6) is 11.8 Å². The standard InChI is InChI=1S/C19H21F3N6O3/c1-18(2,3)10-28(14-8-12(19(20,21)22)24-13(9-23)25-14)27-16(29)11-6-7-15(30-4)26-17(11)31-5/h6-8H,10H2,1-5H3,(H,27,29). The van der Waals surface area contributed by atoms with E-state index in [1.54, 1.807) is 0 Å². The van der Waals surface area contributed by atoms with Gasteiger partial charge in [0.05, 0.1) is 14.2 Å². The zero-order valence-electron chi connectivity index (χ0n) is 17.5. The third-order valence-corrected chi connectivity index (χ3v) is 3.73. The molecule has 0 saturated heterocycles. The molecular formula is C19H21F3N6O3. The first-order valence-corrected chi connectivity index (χ1v) is 8.92. The van der Waals surface area contributed by atoms with Crippen LogP contribution in [0, 0.1) is 16.7 Å². The summed E-state index contributed by atoms with van der Waals surface area (Å²) in [6.07, 6.45) is -4.80. The molecule has 12 heteroatoms. The molecule has 0 bridgehead atoms. The van der Waals surface area contributed by atoms with Crippen LogP contribution in [0.2, 0.25) is 0 Å². The predicted octanol–water partition coefficient (Wildman–Crippen LogP) is 2.98. The summed E-state index contributed by atoms with van der Waals surface area (Å²) in [5.74, 6) is -1.50. The molecule has 0 aliphatic rings. The first-order valence-electron chi connectivity index (χ1n) is 8.92. The fraction of sp³-hybridized carbons (Fsp3) is 0.421. The monoisotopic (exact) mass is 438 g/mol. The largest absolute Gasteiger partial charge is 0.481 e. The fourth-order valence-electron chi connectivity index (χ4n) is 2.47. The van der Waals surface area contributed by atoms with Gasteiger partial charge in [0.2, 0.25) is 17.6 Å². The first kappa shape index (κ1) is 23.7. The molecule has 2 rings (SSSR count). The minimum atomic E-state index is -4.80. The zero-order chi connectivity index (χ0) is 23.4. The van der Waals surface area contributed by atoms with Gasteiger partial charge < -0.3 is 9.47 Å². The lowest BCUT2D eigenvalue weighted by Gasteiger charge is -2.31. The summed E-state index contributed by atoms with van der Waals surface area (Å²) in [5, 5.41) is 10.2. The van der Waals surface area contributed by atoms with Crippen molar-refractivity contribution in [2.24, 2.45) is 5.41 Å². The maximum atomic E-state index is 13.2. The maximum Gasteiger partial charge on any atom is 0.433 e. The Kier molecular flexibility index (Phi) is 6.89. The zero-order valence-corrected chi connectivity index (χ0v) is 17.5. The Labute approximate surface area is 176 Å². The molecule has 0 atom stereocenters. The van der Waals surface area contributed by atoms with E-state index in [1.807, 2.05) is 20.8 Å². The number of aromatic nitrogens is 3. The molecule has 166 valence electrons. The predicted molar refractivity (Wildman–Crippen MR) is 103 cm³/mol. The van der Waals surface area contributed by atoms with Gasteiger partial charge in [0.1, 0.15) is 11.6 Å². The molecule has 2 aromatic heterocycles. The second kappa shape index (κ2) is 9.03. The van der Waals surface area contributed by atoms with E-state index >= 15 is 0 Å². The Morgan fingerprint density at radius 2 is 1.84 bits per heavy atom. The van der Waals surface area contributed by atoms with E-state index in [2.05, 4.69) is 20.4 Å². The number of nitriles is 1. The van der Waals surface area contributed by atoms with E-state index in [4.69, 9.17) is 14.7 Å². The smallest absolute Gasteiger partial charge is 0.433 e. The minimum Gasteiger partial charge on any atom is -0.481 e. The number of alkyl halides is 3. The fourth-order valence-corrected chi connectivity index (χ4v) is 2.47. The summed E-state index contributed by atoms with van der Waals surface area (Å²) in [4.78, 5) is 23.9. The number of nitrogens with zero attached hydrogens (tertiary/aromatic N) is 5. The van der Waals surface area contributed by atoms with Crippen LogP contribution in [0.3, 0.4) is 0 Å². The number of methoxy groups -OCH3 is 2. The summed E-state index contributed by atoms with van der Waals surface area (Å²) >= 11 is 0. The van der Waals surface area contributed by atoms with Crippen molar-refractivity contribution in [2.75, 3.05) is 25.8 Å². The highest BCUT2D eigenvalue weighted by atomic mass is 19.4. The summed E-state index contributed by atoms with van der Waals surface area (Å²) in [6, 6.07) is 5.01. The van der Waals surface area contributed by atoms with Gasteiger partial charge in [0.25, 0.3) is 5.91 Å². The highest BCUT2D eigenvalue weighted by Crippen LogP contribution is 2.30. The average Bonchev–Trinajstić information content (AvgIpc) is 2.70. The molecule has 0 spiro atoms. The third-order valence-electron chi connectivity index (χ3n) is 3.73. The van der Waals surface area contributed by atoms with Crippen molar-refractivity contribution in [2.45, 2.75) is 26.9 Å². The van der Waals surface area contributed by atoms with Gasteiger partial charge in [-0.1, -0.05) is 20.8 Å². The Balaban J connectivity index is 2.49. The summed E-state index contributed by atoms with van der Waals surface area (Å²) in [7, 11) is 2.71. The van der Waals surface area contributed by atoms with Gasteiger partial charge in [-0.15, -0.1) is 0 Å². The van der Waals surface area contributed by atoms with E-state index in [9.17, 15) is 18.0 Å². The normalized spacial score (nSPS) is 11.5. The van der Waals surface area contributed by atoms with E-state index in [0.717, 1.165) is 5.01 Å². The number of hydrogen-bond donors (Lipinski definition) is 1. The molecule has 9 nitrogen and oxygen atoms in total. The maximum absolute atomic E-state index is 13.2. The van der Waals surface area contributed by atoms with Gasteiger partial charge in [-0.05, 0) is 11.5 Å². The van der Waals surface area contributed by atoms with Crippen molar-refractivity contribution in [3.05, 3.63) is 35.3 Å². The lowest BCUT2D eigenvalue weighted by molar-refractivity contribution is -0.141. The van der Waals surface area contributed by atoms with Gasteiger partial charge in [-0.2, -0.15) is 28.4 Å². The first-order chi connectivity index (χ1) is 14.4. The molecule has 1 amide bonds. The molecule has 1 N–H and O–H groups in total. The molecule has 2 heterocycles. The van der Waals surface area contributed by atoms with Crippen molar-refractivity contribution < 1.29 is 27.4 Å². The van der Waals surface area contributed by atoms with Crippen molar-refractivity contribution in [3.63, 3.8) is 0 Å². The van der Waals surface area contributed by atoms with Crippen molar-refractivity contribution in [1.29, 1.82) is 5.26 Å². The van der Waals surface area contributed by atoms with Crippen molar-refractivity contribution in [1.82, 2.24) is 20.4 Å². The number of carbonyl (C=O) groups excluding carboxylic acids is 1. The molecule has 0 aliphatic carbocycles. The Morgan fingerprint density at radius 3 is 2.35 bits per heavy atom. The highest BCUT2D eigenvalue weighted by Gasteiger charge is 2.35. The van der Waals surface area contributed by atoms with Crippen LogP contribution in [0.4, 0.5) is 19.0 Å². The number of anilines is 1. The number of hydrazine groups is 1. The lowest BCUT2D eigenvalue weighted by Crippen LogP contribution is -2.47. The summed E-state index contributed by atoms with van der Waals surface area (Å²) in [6.45, 7) is 5.53. The number of rotatable bonds is 6. The number of hydrogen-bond acceptors (Lipinski definition) is 8. The van der Waals surface area contributed by atoms with Crippen LogP contribution in [0.15, 0.2) is 18.2 Å². The Hall–Kier alpha value is -3.62. The van der Waals surface area contributed by atoms with Crippen LogP contribution >= 0.6 is 0 Å². The van der Waals surface area contributed by atoms with Gasteiger partial charge in [-0.3, -0.25) is 15.2 Å². The molecule has 0 aliphatic heterocycles. The second-order valence-corrected chi connectivity index (χ2v) is 7.54. The highest BCUT2D eigenvalue weighted by molar-refractivity contribution is 5.97. The second-order valence-electron chi connectivity index (χ2n) is 7.54. The Bertz CT molecular complexity index is 999. The SMILES string of the molecule is COc1ccc(C(=O)NN(CC(C)(C)C)c2cc(C(F)(F)F)nc(C#N)n2)c(OC)n1. The average molecular weight is 438 g/mol. The number of amides is 1. The van der Waals surface area contributed by atoms with Gasteiger partial charge in [-0.25, -0.2) is 4.98 Å². The molecule has 0 saturated carbocycles. The van der Waals surface area contributed by atoms with Crippen LogP contribution in [0.25, 0.3) is 0 Å². The van der Waals surface area contributed by atoms with Crippen LogP contribution in [-0.4, -0.2) is 41.6 Å². The summed E-state index contributed by atoms with van der Waals surface area (Å²) in [5.41, 5.74) is 0.769. The number of ether oxygens (including phenoxy) is 2. The lowest BCUT2D eigenvalue weighted by atomic mass is 9.96. The number of carbonyl (C=O) groups is 1. The molecule has 0 radical (unpaired) electrons. The van der Waals surface area contributed by atoms with E-state index in [-0.39, 0.29) is 29.7 Å². The quantitative estimate of drug-likeness (QED) is 0.685. The topological polar surface area (TPSA) is 113 Å². The van der Waals surface area contributed by atoms with Gasteiger partial charge in [0, 0.05) is 18.7 Å². The van der Waals surface area contributed by atoms with Gasteiger partial charge in [0.15, 0.2) is 11.5 Å². The van der Waals surface area contributed by atoms with Crippen LogP contribution < -0.4 is 19.9 Å². The van der Waals surface area contributed by atoms with Crippen molar-refractivity contribution >= 4 is 11.7 Å². The third kappa shape index (κ3) is 6.18. The van der Waals surface area contributed by atoms with Gasteiger partial charge >= 0.3 is 6.18 Å². The Morgan fingerprint density at radius 1 is 1.16 bits per heavy atom. The molecular weight excluding hydrogens is 417 g/mol. The molecule has 0 unspecified atom stereocenters. The minimum absolute atomic E-state index is 0.0211.